The summed E-state index contributed by atoms with van der Waals surface area (Å²) >= 11 is 1.38. The second kappa shape index (κ2) is 10.3. The van der Waals surface area contributed by atoms with Crippen LogP contribution in [0.3, 0.4) is 0 Å². The molecule has 2 aromatic carbocycles. The van der Waals surface area contributed by atoms with E-state index in [1.807, 2.05) is 48.0 Å². The van der Waals surface area contributed by atoms with Crippen molar-refractivity contribution in [3.63, 3.8) is 0 Å². The van der Waals surface area contributed by atoms with Gasteiger partial charge in [-0.2, -0.15) is 0 Å². The average Bonchev–Trinajstić information content (AvgIpc) is 3.01. The number of nitrogens with zero attached hydrogens (tertiary/aromatic N) is 3. The molecule has 2 heterocycles. The van der Waals surface area contributed by atoms with Crippen molar-refractivity contribution in [1.29, 1.82) is 0 Å². The Hall–Kier alpha value is -3.00. The number of ether oxygens (including phenoxy) is 2. The normalized spacial score (nSPS) is 14.1. The van der Waals surface area contributed by atoms with E-state index in [4.69, 9.17) is 9.47 Å². The second-order valence-corrected chi connectivity index (χ2v) is 9.46. The van der Waals surface area contributed by atoms with E-state index in [0.717, 1.165) is 40.4 Å². The molecular formula is C25H30N4O3S. The number of benzene rings is 2. The quantitative estimate of drug-likeness (QED) is 0.515. The Kier molecular flexibility index (Phi) is 7.23. The lowest BCUT2D eigenvalue weighted by Crippen LogP contribution is -2.33. The number of carbonyl (C=O) groups excluding carboxylic acids is 1. The van der Waals surface area contributed by atoms with E-state index in [1.165, 1.54) is 11.8 Å². The first kappa shape index (κ1) is 23.2. The Morgan fingerprint density at radius 2 is 1.88 bits per heavy atom. The van der Waals surface area contributed by atoms with E-state index in [2.05, 4.69) is 42.4 Å². The number of hydrogen-bond acceptors (Lipinski definition) is 6. The van der Waals surface area contributed by atoms with Gasteiger partial charge in [-0.3, -0.25) is 4.79 Å². The summed E-state index contributed by atoms with van der Waals surface area (Å²) in [5, 5.41) is 12.5. The van der Waals surface area contributed by atoms with Gasteiger partial charge in [-0.15, -0.1) is 10.2 Å². The number of thioether (sulfide) groups is 1. The van der Waals surface area contributed by atoms with Crippen LogP contribution in [0.2, 0.25) is 0 Å². The highest BCUT2D eigenvalue weighted by Gasteiger charge is 2.22. The molecule has 1 amide bonds. The van der Waals surface area contributed by atoms with Crippen LogP contribution in [0.25, 0.3) is 11.4 Å². The monoisotopic (exact) mass is 466 g/mol. The molecule has 1 aromatic heterocycles. The zero-order valence-electron chi connectivity index (χ0n) is 19.5. The summed E-state index contributed by atoms with van der Waals surface area (Å²) in [6.07, 6.45) is 0.860. The van der Waals surface area contributed by atoms with Gasteiger partial charge in [0.15, 0.2) is 22.5 Å². The van der Waals surface area contributed by atoms with Crippen LogP contribution in [0.4, 0.5) is 0 Å². The number of fused-ring (bicyclic) bond motifs is 1. The van der Waals surface area contributed by atoms with Crippen LogP contribution in [0.15, 0.2) is 47.6 Å². The zero-order chi connectivity index (χ0) is 23.4. The summed E-state index contributed by atoms with van der Waals surface area (Å²) in [6, 6.07) is 13.9. The summed E-state index contributed by atoms with van der Waals surface area (Å²) in [5.74, 6) is 2.71. The number of amides is 1. The lowest BCUT2D eigenvalue weighted by Gasteiger charge is -2.24. The van der Waals surface area contributed by atoms with E-state index < -0.39 is 0 Å². The third-order valence-electron chi connectivity index (χ3n) is 5.67. The molecule has 1 aliphatic heterocycles. The van der Waals surface area contributed by atoms with Crippen molar-refractivity contribution in [3.8, 4) is 22.9 Å². The Bertz CT molecular complexity index is 1130. The maximum absolute atomic E-state index is 12.8. The predicted molar refractivity (Wildman–Crippen MR) is 130 cm³/mol. The van der Waals surface area contributed by atoms with Crippen LogP contribution >= 0.6 is 11.8 Å². The lowest BCUT2D eigenvalue weighted by atomic mass is 9.95. The molecule has 174 valence electrons. The molecule has 1 atom stereocenters. The molecule has 0 saturated heterocycles. The van der Waals surface area contributed by atoms with Crippen molar-refractivity contribution in [1.82, 2.24) is 20.1 Å². The zero-order valence-corrected chi connectivity index (χ0v) is 20.3. The number of nitrogens with one attached hydrogen (secondary N) is 1. The summed E-state index contributed by atoms with van der Waals surface area (Å²) in [4.78, 5) is 12.8. The van der Waals surface area contributed by atoms with Crippen LogP contribution in [0.1, 0.15) is 37.4 Å². The van der Waals surface area contributed by atoms with Crippen molar-refractivity contribution < 1.29 is 14.3 Å². The first-order chi connectivity index (χ1) is 15.9. The maximum atomic E-state index is 12.8. The summed E-state index contributed by atoms with van der Waals surface area (Å²) in [5.41, 5.74) is 3.18. The largest absolute Gasteiger partial charge is 0.490 e. The molecule has 4 rings (SSSR count). The first-order valence-corrected chi connectivity index (χ1v) is 12.2. The minimum Gasteiger partial charge on any atom is -0.490 e. The molecular weight excluding hydrogens is 436 g/mol. The van der Waals surface area contributed by atoms with Crippen LogP contribution in [0, 0.1) is 12.8 Å². The summed E-state index contributed by atoms with van der Waals surface area (Å²) in [7, 11) is 1.93. The van der Waals surface area contributed by atoms with E-state index in [-0.39, 0.29) is 23.6 Å². The van der Waals surface area contributed by atoms with Crippen molar-refractivity contribution in [2.24, 2.45) is 13.0 Å². The standard InChI is InChI=1S/C25H30N4O3S/c1-16(2)23(18-10-11-20-21(14-18)32-13-7-12-31-20)26-22(30)15-33-25-28-27-24(29(25)4)19-9-6-5-8-17(19)3/h5-6,8-11,14,16,23H,7,12-13,15H2,1-4H3,(H,26,30)/t23-/m1/s1. The van der Waals surface area contributed by atoms with E-state index in [1.54, 1.807) is 0 Å². The van der Waals surface area contributed by atoms with Gasteiger partial charge in [0.2, 0.25) is 5.91 Å². The van der Waals surface area contributed by atoms with Crippen molar-refractivity contribution in [3.05, 3.63) is 53.6 Å². The Balaban J connectivity index is 1.43. The minimum atomic E-state index is -0.128. The molecule has 7 nitrogen and oxygen atoms in total. The highest BCUT2D eigenvalue weighted by molar-refractivity contribution is 7.99. The van der Waals surface area contributed by atoms with Crippen LogP contribution in [-0.2, 0) is 11.8 Å². The van der Waals surface area contributed by atoms with Crippen LogP contribution in [0.5, 0.6) is 11.5 Å². The van der Waals surface area contributed by atoms with E-state index >= 15 is 0 Å². The van der Waals surface area contributed by atoms with Gasteiger partial charge in [-0.05, 0) is 36.1 Å². The van der Waals surface area contributed by atoms with E-state index in [0.29, 0.717) is 18.4 Å². The third kappa shape index (κ3) is 5.33. The number of rotatable bonds is 7. The number of hydrogen-bond donors (Lipinski definition) is 1. The fraction of sp³-hybridized carbons (Fsp3) is 0.400. The molecule has 0 bridgehead atoms. The molecule has 0 radical (unpaired) electrons. The third-order valence-corrected chi connectivity index (χ3v) is 6.69. The molecule has 0 fully saturated rings. The van der Waals surface area contributed by atoms with Crippen LogP contribution < -0.4 is 14.8 Å². The second-order valence-electron chi connectivity index (χ2n) is 8.51. The molecule has 0 spiro atoms. The fourth-order valence-corrected chi connectivity index (χ4v) is 4.57. The van der Waals surface area contributed by atoms with Crippen molar-refractivity contribution in [2.45, 2.75) is 38.4 Å². The Morgan fingerprint density at radius 1 is 1.12 bits per heavy atom. The molecule has 1 N–H and O–H groups in total. The Labute approximate surface area is 198 Å². The van der Waals surface area contributed by atoms with Gasteiger partial charge in [0.25, 0.3) is 0 Å². The molecule has 0 aliphatic carbocycles. The van der Waals surface area contributed by atoms with Gasteiger partial charge >= 0.3 is 0 Å². The maximum Gasteiger partial charge on any atom is 0.230 e. The average molecular weight is 467 g/mol. The molecule has 0 saturated carbocycles. The van der Waals surface area contributed by atoms with Crippen molar-refractivity contribution in [2.75, 3.05) is 19.0 Å². The van der Waals surface area contributed by atoms with Gasteiger partial charge in [0.1, 0.15) is 0 Å². The molecule has 8 heteroatoms. The molecule has 1 aliphatic rings. The fourth-order valence-electron chi connectivity index (χ4n) is 3.85. The predicted octanol–water partition coefficient (Wildman–Crippen LogP) is 4.56. The van der Waals surface area contributed by atoms with Gasteiger partial charge < -0.3 is 19.4 Å². The van der Waals surface area contributed by atoms with Gasteiger partial charge in [-0.25, -0.2) is 0 Å². The van der Waals surface area contributed by atoms with E-state index in [9.17, 15) is 4.79 Å². The summed E-state index contributed by atoms with van der Waals surface area (Å²) < 4.78 is 13.5. The van der Waals surface area contributed by atoms with Crippen LogP contribution in [-0.4, -0.2) is 39.6 Å². The molecule has 33 heavy (non-hydrogen) atoms. The smallest absolute Gasteiger partial charge is 0.230 e. The number of aromatic nitrogens is 3. The molecule has 3 aromatic rings. The first-order valence-electron chi connectivity index (χ1n) is 11.2. The Morgan fingerprint density at radius 3 is 2.64 bits per heavy atom. The topological polar surface area (TPSA) is 78.3 Å². The van der Waals surface area contributed by atoms with Gasteiger partial charge in [-0.1, -0.05) is 55.9 Å². The lowest BCUT2D eigenvalue weighted by molar-refractivity contribution is -0.119. The molecule has 0 unspecified atom stereocenters. The van der Waals surface area contributed by atoms with Crippen molar-refractivity contribution >= 4 is 17.7 Å². The van der Waals surface area contributed by atoms with Gasteiger partial charge in [0, 0.05) is 19.0 Å². The highest BCUT2D eigenvalue weighted by Crippen LogP contribution is 2.34. The van der Waals surface area contributed by atoms with Gasteiger partial charge in [0.05, 0.1) is 25.0 Å². The minimum absolute atomic E-state index is 0.0498. The highest BCUT2D eigenvalue weighted by atomic mass is 32.2. The summed E-state index contributed by atoms with van der Waals surface area (Å²) in [6.45, 7) is 7.53. The number of carbonyl (C=O) groups is 1. The SMILES string of the molecule is Cc1ccccc1-c1nnc(SCC(=O)N[C@@H](c2ccc3c(c2)OCCCO3)C(C)C)n1C. The number of aryl methyl sites for hydroxylation is 1.